The maximum absolute atomic E-state index is 8.88. The normalized spacial score (nSPS) is 13.0. The van der Waals surface area contributed by atoms with E-state index in [0.29, 0.717) is 0 Å². The Labute approximate surface area is 125 Å². The highest BCUT2D eigenvalue weighted by atomic mass is 16.4. The quantitative estimate of drug-likeness (QED) is 0.371. The van der Waals surface area contributed by atoms with Crippen LogP contribution < -0.4 is 5.73 Å². The molecular formula is C16H24N4O. The molecule has 0 bridgehead atoms. The van der Waals surface area contributed by atoms with Crippen LogP contribution >= 0.6 is 0 Å². The van der Waals surface area contributed by atoms with Gasteiger partial charge in [-0.25, -0.2) is 4.98 Å². The number of aryl methyl sites for hydroxylation is 2. The second-order valence-electron chi connectivity index (χ2n) is 6.04. The van der Waals surface area contributed by atoms with Crippen molar-refractivity contribution in [2.75, 3.05) is 0 Å². The molecule has 0 aliphatic rings. The van der Waals surface area contributed by atoms with Gasteiger partial charge in [-0.3, -0.25) is 0 Å². The van der Waals surface area contributed by atoms with Crippen molar-refractivity contribution in [3.63, 3.8) is 0 Å². The average molecular weight is 288 g/mol. The van der Waals surface area contributed by atoms with Gasteiger partial charge < -0.3 is 15.5 Å². The van der Waals surface area contributed by atoms with Gasteiger partial charge in [0.2, 0.25) is 0 Å². The van der Waals surface area contributed by atoms with Crippen LogP contribution in [0.15, 0.2) is 29.4 Å². The van der Waals surface area contributed by atoms with E-state index in [2.05, 4.69) is 22.7 Å². The molecule has 0 saturated heterocycles. The second kappa shape index (κ2) is 6.16. The molecule has 1 aromatic heterocycles. The summed E-state index contributed by atoms with van der Waals surface area (Å²) in [5.41, 5.74) is 7.61. The zero-order valence-electron chi connectivity index (χ0n) is 13.0. The van der Waals surface area contributed by atoms with E-state index in [-0.39, 0.29) is 11.3 Å². The van der Waals surface area contributed by atoms with Gasteiger partial charge in [-0.1, -0.05) is 38.1 Å². The summed E-state index contributed by atoms with van der Waals surface area (Å²) in [6, 6.07) is 8.18. The van der Waals surface area contributed by atoms with E-state index in [4.69, 9.17) is 15.9 Å². The van der Waals surface area contributed by atoms with Gasteiger partial charge >= 0.3 is 0 Å². The Bertz CT molecular complexity index is 643. The molecule has 21 heavy (non-hydrogen) atoms. The second-order valence-corrected chi connectivity index (χ2v) is 6.04. The fourth-order valence-corrected chi connectivity index (χ4v) is 2.44. The van der Waals surface area contributed by atoms with Crippen LogP contribution in [0, 0.1) is 5.41 Å². The first kappa shape index (κ1) is 15.4. The molecule has 114 valence electrons. The number of rotatable bonds is 6. The first-order valence-electron chi connectivity index (χ1n) is 7.41. The van der Waals surface area contributed by atoms with Crippen LogP contribution in [-0.2, 0) is 13.0 Å². The van der Waals surface area contributed by atoms with Crippen molar-refractivity contribution in [2.24, 2.45) is 16.3 Å². The molecule has 5 heteroatoms. The maximum atomic E-state index is 8.88. The smallest absolute Gasteiger partial charge is 0.144 e. The summed E-state index contributed by atoms with van der Waals surface area (Å²) >= 11 is 0. The SMILES string of the molecule is CCCc1nc2ccccc2n1CCC(C)(C)/C(N)=N/O. The Kier molecular flexibility index (Phi) is 4.50. The summed E-state index contributed by atoms with van der Waals surface area (Å²) in [4.78, 5) is 4.72. The van der Waals surface area contributed by atoms with E-state index in [9.17, 15) is 0 Å². The third-order valence-corrected chi connectivity index (χ3v) is 3.97. The van der Waals surface area contributed by atoms with Gasteiger partial charge in [0.05, 0.1) is 11.0 Å². The van der Waals surface area contributed by atoms with E-state index < -0.39 is 0 Å². The molecule has 0 atom stereocenters. The van der Waals surface area contributed by atoms with Crippen LogP contribution in [0.5, 0.6) is 0 Å². The van der Waals surface area contributed by atoms with Crippen molar-refractivity contribution in [3.05, 3.63) is 30.1 Å². The number of para-hydroxylation sites is 2. The molecule has 1 heterocycles. The highest BCUT2D eigenvalue weighted by Crippen LogP contribution is 2.24. The van der Waals surface area contributed by atoms with Crippen LogP contribution in [0.2, 0.25) is 0 Å². The number of hydrogen-bond donors (Lipinski definition) is 2. The van der Waals surface area contributed by atoms with Crippen LogP contribution in [-0.4, -0.2) is 20.6 Å². The van der Waals surface area contributed by atoms with Crippen LogP contribution in [0.3, 0.4) is 0 Å². The first-order chi connectivity index (χ1) is 9.99. The van der Waals surface area contributed by atoms with Crippen molar-refractivity contribution in [1.29, 1.82) is 0 Å². The lowest BCUT2D eigenvalue weighted by Gasteiger charge is -2.23. The zero-order valence-corrected chi connectivity index (χ0v) is 13.0. The molecule has 0 aliphatic heterocycles. The molecule has 1 aromatic carbocycles. The third-order valence-electron chi connectivity index (χ3n) is 3.97. The van der Waals surface area contributed by atoms with Crippen molar-refractivity contribution >= 4 is 16.9 Å². The number of nitrogens with two attached hydrogens (primary N) is 1. The van der Waals surface area contributed by atoms with Gasteiger partial charge in [0.1, 0.15) is 11.7 Å². The summed E-state index contributed by atoms with van der Waals surface area (Å²) < 4.78 is 2.26. The van der Waals surface area contributed by atoms with Crippen molar-refractivity contribution in [1.82, 2.24) is 9.55 Å². The molecule has 0 aliphatic carbocycles. The monoisotopic (exact) mass is 288 g/mol. The molecule has 0 saturated carbocycles. The summed E-state index contributed by atoms with van der Waals surface area (Å²) in [5.74, 6) is 1.37. The molecule has 0 radical (unpaired) electrons. The van der Waals surface area contributed by atoms with E-state index in [1.807, 2.05) is 32.0 Å². The number of fused-ring (bicyclic) bond motifs is 1. The lowest BCUT2D eigenvalue weighted by atomic mass is 9.88. The highest BCUT2D eigenvalue weighted by Gasteiger charge is 2.24. The third kappa shape index (κ3) is 3.17. The van der Waals surface area contributed by atoms with Gasteiger partial charge in [0, 0.05) is 18.4 Å². The molecule has 3 N–H and O–H groups in total. The number of aromatic nitrogens is 2. The Morgan fingerprint density at radius 2 is 2.10 bits per heavy atom. The maximum Gasteiger partial charge on any atom is 0.144 e. The Morgan fingerprint density at radius 3 is 2.76 bits per heavy atom. The zero-order chi connectivity index (χ0) is 15.5. The molecule has 5 nitrogen and oxygen atoms in total. The Hall–Kier alpha value is -2.04. The predicted molar refractivity (Wildman–Crippen MR) is 85.5 cm³/mol. The highest BCUT2D eigenvalue weighted by molar-refractivity contribution is 5.85. The molecule has 0 spiro atoms. The largest absolute Gasteiger partial charge is 0.409 e. The molecule has 2 aromatic rings. The standard InChI is InChI=1S/C16H24N4O/c1-4-7-14-18-12-8-5-6-9-13(12)20(14)11-10-16(2,3)15(17)19-21/h5-6,8-9,21H,4,7,10-11H2,1-3H3,(H2,17,19). The minimum absolute atomic E-state index is 0.268. The lowest BCUT2D eigenvalue weighted by Crippen LogP contribution is -2.33. The number of nitrogens with zero attached hydrogens (tertiary/aromatic N) is 3. The minimum atomic E-state index is -0.344. The number of oxime groups is 1. The number of amidine groups is 1. The minimum Gasteiger partial charge on any atom is -0.409 e. The van der Waals surface area contributed by atoms with Gasteiger partial charge in [0.25, 0.3) is 0 Å². The van der Waals surface area contributed by atoms with Crippen LogP contribution in [0.4, 0.5) is 0 Å². The fraction of sp³-hybridized carbons (Fsp3) is 0.500. The number of hydrogen-bond acceptors (Lipinski definition) is 3. The van der Waals surface area contributed by atoms with Crippen LogP contribution in [0.25, 0.3) is 11.0 Å². The van der Waals surface area contributed by atoms with Crippen LogP contribution in [0.1, 0.15) is 39.4 Å². The van der Waals surface area contributed by atoms with Gasteiger partial charge in [0.15, 0.2) is 0 Å². The molecule has 2 rings (SSSR count). The van der Waals surface area contributed by atoms with Crippen molar-refractivity contribution < 1.29 is 5.21 Å². The summed E-state index contributed by atoms with van der Waals surface area (Å²) in [6.07, 6.45) is 2.81. The lowest BCUT2D eigenvalue weighted by molar-refractivity contribution is 0.303. The van der Waals surface area contributed by atoms with Gasteiger partial charge in [-0.15, -0.1) is 0 Å². The predicted octanol–water partition coefficient (Wildman–Crippen LogP) is 3.15. The van der Waals surface area contributed by atoms with Gasteiger partial charge in [-0.05, 0) is 25.0 Å². The van der Waals surface area contributed by atoms with E-state index in [0.717, 1.165) is 42.7 Å². The first-order valence-corrected chi connectivity index (χ1v) is 7.41. The average Bonchev–Trinajstić information content (AvgIpc) is 2.82. The molecule has 0 fully saturated rings. The molecule has 0 amide bonds. The van der Waals surface area contributed by atoms with Crippen molar-refractivity contribution in [3.8, 4) is 0 Å². The summed E-state index contributed by atoms with van der Waals surface area (Å²) in [7, 11) is 0. The number of imidazole rings is 1. The molecule has 0 unspecified atom stereocenters. The Balaban J connectivity index is 2.30. The number of benzene rings is 1. The fourth-order valence-electron chi connectivity index (χ4n) is 2.44. The summed E-state index contributed by atoms with van der Waals surface area (Å²) in [5, 5.41) is 12.0. The van der Waals surface area contributed by atoms with E-state index in [1.54, 1.807) is 0 Å². The van der Waals surface area contributed by atoms with E-state index in [1.165, 1.54) is 0 Å². The van der Waals surface area contributed by atoms with Crippen molar-refractivity contribution in [2.45, 2.75) is 46.6 Å². The molecular weight excluding hydrogens is 264 g/mol. The van der Waals surface area contributed by atoms with Gasteiger partial charge in [-0.2, -0.15) is 0 Å². The summed E-state index contributed by atoms with van der Waals surface area (Å²) in [6.45, 7) is 6.93. The Morgan fingerprint density at radius 1 is 1.38 bits per heavy atom. The van der Waals surface area contributed by atoms with E-state index >= 15 is 0 Å². The topological polar surface area (TPSA) is 76.4 Å².